The number of carbonyl (C=O) groups excluding carboxylic acids is 3. The Hall–Kier alpha value is -7.67. The standard InChI is InChI=1S/C25H26FN5O2.C25H20FN3O.C2H6/c1-17-13-20(7-8-27-17)22-5-3-19(14-23(22)26)15-29-25(33)24-6-4-21(16-28-24)31-11-9-30(10-12-31)18(2)32;1-17-13-22(11-12-27-17)24-10-5-18(15-28-24)16-29-25(30)20-8-6-19(7-9-20)21-3-2-4-23(26)14-21;1-2/h3-8,13-14,16H,9-12,15H2,1-2H3,(H,29,33);2-15H,16H2,1H3,(H,29,30);1-2H3. The van der Waals surface area contributed by atoms with Crippen molar-refractivity contribution in [2.24, 2.45) is 0 Å². The number of pyridine rings is 4. The van der Waals surface area contributed by atoms with Gasteiger partial charge in [0.05, 0.1) is 17.6 Å². The van der Waals surface area contributed by atoms with E-state index in [-0.39, 0.29) is 35.9 Å². The molecule has 1 saturated heterocycles. The van der Waals surface area contributed by atoms with Gasteiger partial charge in [0, 0.05) is 92.9 Å². The molecule has 5 heterocycles. The van der Waals surface area contributed by atoms with E-state index >= 15 is 0 Å². The molecular formula is C52H52F2N8O3. The number of piperazine rings is 1. The highest BCUT2D eigenvalue weighted by Gasteiger charge is 2.19. The van der Waals surface area contributed by atoms with Gasteiger partial charge >= 0.3 is 0 Å². The molecule has 4 aromatic heterocycles. The quantitative estimate of drug-likeness (QED) is 0.139. The van der Waals surface area contributed by atoms with Crippen molar-refractivity contribution < 1.29 is 23.2 Å². The Kier molecular flexibility index (Phi) is 16.3. The van der Waals surface area contributed by atoms with Gasteiger partial charge in [-0.1, -0.05) is 56.3 Å². The summed E-state index contributed by atoms with van der Waals surface area (Å²) >= 11 is 0. The molecule has 1 aliphatic rings. The van der Waals surface area contributed by atoms with E-state index in [0.29, 0.717) is 42.0 Å². The highest BCUT2D eigenvalue weighted by molar-refractivity contribution is 5.94. The summed E-state index contributed by atoms with van der Waals surface area (Å²) in [5.74, 6) is -1.04. The number of aromatic nitrogens is 4. The first kappa shape index (κ1) is 46.8. The molecule has 0 bridgehead atoms. The van der Waals surface area contributed by atoms with Gasteiger partial charge in [0.2, 0.25) is 5.91 Å². The minimum absolute atomic E-state index is 0.0850. The molecule has 13 heteroatoms. The molecule has 0 unspecified atom stereocenters. The molecule has 11 nitrogen and oxygen atoms in total. The number of hydrogen-bond acceptors (Lipinski definition) is 8. The topological polar surface area (TPSA) is 133 Å². The van der Waals surface area contributed by atoms with Crippen molar-refractivity contribution >= 4 is 23.4 Å². The maximum atomic E-state index is 14.6. The number of benzene rings is 3. The second kappa shape index (κ2) is 22.6. The van der Waals surface area contributed by atoms with Crippen molar-refractivity contribution in [2.75, 3.05) is 31.1 Å². The van der Waals surface area contributed by atoms with Gasteiger partial charge in [-0.3, -0.25) is 29.3 Å². The van der Waals surface area contributed by atoms with E-state index in [1.165, 1.54) is 18.2 Å². The number of rotatable bonds is 10. The molecule has 0 radical (unpaired) electrons. The summed E-state index contributed by atoms with van der Waals surface area (Å²) < 4.78 is 28.0. The van der Waals surface area contributed by atoms with Crippen LogP contribution in [0.5, 0.6) is 0 Å². The Balaban J connectivity index is 0.000000208. The normalized spacial score (nSPS) is 11.9. The van der Waals surface area contributed by atoms with Crippen LogP contribution in [0.2, 0.25) is 0 Å². The summed E-state index contributed by atoms with van der Waals surface area (Å²) in [6.45, 7) is 12.8. The summed E-state index contributed by atoms with van der Waals surface area (Å²) in [7, 11) is 0. The fraction of sp³-hybridized carbons (Fsp3) is 0.212. The van der Waals surface area contributed by atoms with Crippen LogP contribution in [-0.2, 0) is 17.9 Å². The predicted molar refractivity (Wildman–Crippen MR) is 251 cm³/mol. The van der Waals surface area contributed by atoms with Gasteiger partial charge in [-0.05, 0) is 114 Å². The molecule has 3 amide bonds. The Bertz CT molecular complexity index is 2700. The molecule has 7 aromatic rings. The lowest BCUT2D eigenvalue weighted by Crippen LogP contribution is -2.48. The van der Waals surface area contributed by atoms with Gasteiger partial charge in [-0.25, -0.2) is 13.8 Å². The van der Waals surface area contributed by atoms with Gasteiger partial charge in [0.25, 0.3) is 11.8 Å². The maximum Gasteiger partial charge on any atom is 0.270 e. The molecule has 0 atom stereocenters. The molecule has 1 aliphatic heterocycles. The largest absolute Gasteiger partial charge is 0.367 e. The molecule has 1 fully saturated rings. The lowest BCUT2D eigenvalue weighted by molar-refractivity contribution is -0.129. The van der Waals surface area contributed by atoms with Crippen molar-refractivity contribution in [3.8, 4) is 33.5 Å². The third-order valence-electron chi connectivity index (χ3n) is 10.5. The summed E-state index contributed by atoms with van der Waals surface area (Å²) in [5.41, 5.74) is 9.87. The van der Waals surface area contributed by atoms with Crippen LogP contribution in [0.3, 0.4) is 0 Å². The zero-order valence-electron chi connectivity index (χ0n) is 37.2. The predicted octanol–water partition coefficient (Wildman–Crippen LogP) is 9.40. The second-order valence-corrected chi connectivity index (χ2v) is 15.1. The molecule has 8 rings (SSSR count). The smallest absolute Gasteiger partial charge is 0.270 e. The van der Waals surface area contributed by atoms with Crippen molar-refractivity contribution in [1.82, 2.24) is 35.5 Å². The van der Waals surface area contributed by atoms with Gasteiger partial charge in [0.15, 0.2) is 0 Å². The Morgan fingerprint density at radius 3 is 1.88 bits per heavy atom. The van der Waals surface area contributed by atoms with E-state index in [4.69, 9.17) is 0 Å². The van der Waals surface area contributed by atoms with E-state index in [1.54, 1.807) is 74.2 Å². The second-order valence-electron chi connectivity index (χ2n) is 15.1. The van der Waals surface area contributed by atoms with Gasteiger partial charge < -0.3 is 20.4 Å². The molecule has 2 N–H and O–H groups in total. The molecule has 0 aliphatic carbocycles. The first-order valence-electron chi connectivity index (χ1n) is 21.5. The number of carbonyl (C=O) groups is 3. The number of nitrogens with zero attached hydrogens (tertiary/aromatic N) is 6. The van der Waals surface area contributed by atoms with Gasteiger partial charge in [0.1, 0.15) is 17.3 Å². The molecule has 65 heavy (non-hydrogen) atoms. The van der Waals surface area contributed by atoms with Gasteiger partial charge in [-0.2, -0.15) is 0 Å². The highest BCUT2D eigenvalue weighted by Crippen LogP contribution is 2.25. The van der Waals surface area contributed by atoms with Crippen molar-refractivity contribution in [3.05, 3.63) is 185 Å². The number of nitrogens with one attached hydrogen (secondary N) is 2. The van der Waals surface area contributed by atoms with Crippen LogP contribution in [0.25, 0.3) is 33.5 Å². The maximum absolute atomic E-state index is 14.6. The molecule has 332 valence electrons. The molecule has 0 spiro atoms. The van der Waals surface area contributed by atoms with Crippen molar-refractivity contribution in [3.63, 3.8) is 0 Å². The third-order valence-corrected chi connectivity index (χ3v) is 10.5. The summed E-state index contributed by atoms with van der Waals surface area (Å²) in [6.07, 6.45) is 6.85. The summed E-state index contributed by atoms with van der Waals surface area (Å²) in [6, 6.07) is 33.4. The number of aryl methyl sites for hydroxylation is 2. The average Bonchev–Trinajstić information content (AvgIpc) is 3.33. The lowest BCUT2D eigenvalue weighted by atomic mass is 10.0. The SMILES string of the molecule is CC.CC(=O)N1CCN(c2ccc(C(=O)NCc3ccc(-c4ccnc(C)c4)c(F)c3)nc2)CC1.Cc1cc(-c2ccc(CNC(=O)c3ccc(-c4cccc(F)c4)cc3)cn2)ccn1. The zero-order valence-corrected chi connectivity index (χ0v) is 37.2. The number of amides is 3. The number of anilines is 1. The first-order chi connectivity index (χ1) is 31.5. The average molecular weight is 875 g/mol. The number of hydrogen-bond donors (Lipinski definition) is 2. The highest BCUT2D eigenvalue weighted by atomic mass is 19.1. The minimum atomic E-state index is -0.348. The minimum Gasteiger partial charge on any atom is -0.367 e. The number of halogens is 2. The van der Waals surface area contributed by atoms with Gasteiger partial charge in [-0.15, -0.1) is 0 Å². The van der Waals surface area contributed by atoms with E-state index in [9.17, 15) is 23.2 Å². The van der Waals surface area contributed by atoms with Crippen LogP contribution >= 0.6 is 0 Å². The van der Waals surface area contributed by atoms with Crippen molar-refractivity contribution in [2.45, 2.75) is 47.7 Å². The van der Waals surface area contributed by atoms with E-state index in [0.717, 1.165) is 63.7 Å². The van der Waals surface area contributed by atoms with Crippen LogP contribution in [0, 0.1) is 25.5 Å². The summed E-state index contributed by atoms with van der Waals surface area (Å²) in [4.78, 5) is 57.5. The summed E-state index contributed by atoms with van der Waals surface area (Å²) in [5, 5.41) is 5.70. The third kappa shape index (κ3) is 12.9. The van der Waals surface area contributed by atoms with Crippen LogP contribution < -0.4 is 15.5 Å². The molecular weight excluding hydrogens is 823 g/mol. The van der Waals surface area contributed by atoms with E-state index in [2.05, 4.69) is 35.5 Å². The molecule has 3 aromatic carbocycles. The van der Waals surface area contributed by atoms with Crippen LogP contribution in [0.1, 0.15) is 64.1 Å². The van der Waals surface area contributed by atoms with Crippen molar-refractivity contribution in [1.29, 1.82) is 0 Å². The fourth-order valence-corrected chi connectivity index (χ4v) is 7.05. The van der Waals surface area contributed by atoms with E-state index < -0.39 is 0 Å². The fourth-order valence-electron chi connectivity index (χ4n) is 7.05. The van der Waals surface area contributed by atoms with Crippen LogP contribution in [0.15, 0.2) is 140 Å². The van der Waals surface area contributed by atoms with Crippen LogP contribution in [-0.4, -0.2) is 68.7 Å². The Morgan fingerprint density at radius 1 is 0.600 bits per heavy atom. The van der Waals surface area contributed by atoms with E-state index in [1.807, 2.05) is 87.2 Å². The Morgan fingerprint density at radius 2 is 1.26 bits per heavy atom. The zero-order chi connectivity index (χ0) is 46.3. The first-order valence-corrected chi connectivity index (χ1v) is 21.5. The molecule has 0 saturated carbocycles. The lowest BCUT2D eigenvalue weighted by Gasteiger charge is -2.35. The Labute approximate surface area is 378 Å². The monoisotopic (exact) mass is 874 g/mol. The van der Waals surface area contributed by atoms with Crippen LogP contribution in [0.4, 0.5) is 14.5 Å².